The highest BCUT2D eigenvalue weighted by Gasteiger charge is 2.24. The fraction of sp³-hybridized carbons (Fsp3) is 0.538. The van der Waals surface area contributed by atoms with Crippen LogP contribution in [0, 0.1) is 11.6 Å². The van der Waals surface area contributed by atoms with Crippen LogP contribution in [0.4, 0.5) is 14.5 Å². The summed E-state index contributed by atoms with van der Waals surface area (Å²) in [6.07, 6.45) is 0.865. The molecule has 1 aromatic carbocycles. The molecule has 100 valence electrons. The molecule has 0 saturated carbocycles. The molecule has 1 aliphatic heterocycles. The summed E-state index contributed by atoms with van der Waals surface area (Å²) in [7, 11) is 0. The zero-order chi connectivity index (χ0) is 13.1. The number of nitrogens with zero attached hydrogens (tertiary/aromatic N) is 1. The van der Waals surface area contributed by atoms with Gasteiger partial charge in [0.15, 0.2) is 0 Å². The second kappa shape index (κ2) is 5.85. The smallest absolute Gasteiger partial charge is 0.149 e. The van der Waals surface area contributed by atoms with Crippen molar-refractivity contribution in [2.75, 3.05) is 24.6 Å². The van der Waals surface area contributed by atoms with E-state index in [9.17, 15) is 8.78 Å². The average molecular weight is 276 g/mol. The summed E-state index contributed by atoms with van der Waals surface area (Å²) < 4.78 is 33.4. The lowest BCUT2D eigenvalue weighted by Crippen LogP contribution is -2.43. The van der Waals surface area contributed by atoms with Crippen molar-refractivity contribution in [2.45, 2.75) is 25.3 Å². The number of hydrogen-bond acceptors (Lipinski definition) is 2. The van der Waals surface area contributed by atoms with E-state index in [1.165, 1.54) is 12.1 Å². The predicted octanol–water partition coefficient (Wildman–Crippen LogP) is 3.32. The SMILES string of the molecule is CCC1CN(c2c(F)cc(CCl)cc2F)CCO1. The fourth-order valence-corrected chi connectivity index (χ4v) is 2.32. The summed E-state index contributed by atoms with van der Waals surface area (Å²) in [5, 5.41) is 0. The third-order valence-corrected chi connectivity index (χ3v) is 3.45. The third-order valence-electron chi connectivity index (χ3n) is 3.14. The summed E-state index contributed by atoms with van der Waals surface area (Å²) in [6.45, 7) is 3.52. The van der Waals surface area contributed by atoms with E-state index < -0.39 is 11.6 Å². The molecule has 0 bridgehead atoms. The Bertz CT molecular complexity index is 404. The molecule has 1 atom stereocenters. The van der Waals surface area contributed by atoms with Crippen molar-refractivity contribution >= 4 is 17.3 Å². The van der Waals surface area contributed by atoms with Gasteiger partial charge in [-0.2, -0.15) is 0 Å². The van der Waals surface area contributed by atoms with E-state index in [4.69, 9.17) is 16.3 Å². The monoisotopic (exact) mass is 275 g/mol. The number of alkyl halides is 1. The van der Waals surface area contributed by atoms with Gasteiger partial charge in [0, 0.05) is 19.0 Å². The molecular formula is C13H16ClF2NO. The standard InChI is InChI=1S/C13H16ClF2NO/c1-2-10-8-17(3-4-18-10)13-11(15)5-9(7-14)6-12(13)16/h5-6,10H,2-4,7-8H2,1H3. The largest absolute Gasteiger partial charge is 0.375 e. The molecule has 0 aliphatic carbocycles. The summed E-state index contributed by atoms with van der Waals surface area (Å²) >= 11 is 5.59. The zero-order valence-corrected chi connectivity index (χ0v) is 11.0. The topological polar surface area (TPSA) is 12.5 Å². The molecule has 1 heterocycles. The van der Waals surface area contributed by atoms with Gasteiger partial charge in [-0.3, -0.25) is 0 Å². The number of rotatable bonds is 3. The molecule has 1 aromatic rings. The van der Waals surface area contributed by atoms with Gasteiger partial charge in [0.05, 0.1) is 12.7 Å². The molecule has 2 nitrogen and oxygen atoms in total. The Labute approximate surface area is 110 Å². The number of ether oxygens (including phenoxy) is 1. The van der Waals surface area contributed by atoms with Crippen molar-refractivity contribution in [2.24, 2.45) is 0 Å². The Hall–Kier alpha value is -0.870. The van der Waals surface area contributed by atoms with Crippen LogP contribution >= 0.6 is 11.6 Å². The van der Waals surface area contributed by atoms with Gasteiger partial charge in [0.25, 0.3) is 0 Å². The number of anilines is 1. The van der Waals surface area contributed by atoms with Crippen molar-refractivity contribution in [3.8, 4) is 0 Å². The molecule has 0 aromatic heterocycles. The van der Waals surface area contributed by atoms with Gasteiger partial charge in [0.2, 0.25) is 0 Å². The first-order valence-corrected chi connectivity index (χ1v) is 6.59. The van der Waals surface area contributed by atoms with Crippen LogP contribution in [0.3, 0.4) is 0 Å². The predicted molar refractivity (Wildman–Crippen MR) is 68.2 cm³/mol. The minimum Gasteiger partial charge on any atom is -0.375 e. The number of halogens is 3. The maximum absolute atomic E-state index is 13.9. The van der Waals surface area contributed by atoms with Crippen molar-refractivity contribution in [1.29, 1.82) is 0 Å². The average Bonchev–Trinajstić information content (AvgIpc) is 2.38. The first-order chi connectivity index (χ1) is 8.65. The Morgan fingerprint density at radius 3 is 2.61 bits per heavy atom. The van der Waals surface area contributed by atoms with Gasteiger partial charge in [-0.1, -0.05) is 6.92 Å². The molecule has 0 N–H and O–H groups in total. The molecule has 1 saturated heterocycles. The first kappa shape index (κ1) is 13.6. The summed E-state index contributed by atoms with van der Waals surface area (Å²) in [6, 6.07) is 2.59. The Morgan fingerprint density at radius 1 is 1.39 bits per heavy atom. The molecular weight excluding hydrogens is 260 g/mol. The lowest BCUT2D eigenvalue weighted by Gasteiger charge is -2.34. The van der Waals surface area contributed by atoms with Gasteiger partial charge < -0.3 is 9.64 Å². The summed E-state index contributed by atoms with van der Waals surface area (Å²) in [5.41, 5.74) is 0.487. The van der Waals surface area contributed by atoms with Crippen LogP contribution in [-0.2, 0) is 10.6 Å². The number of benzene rings is 1. The summed E-state index contributed by atoms with van der Waals surface area (Å²) in [5.74, 6) is -1.00. The lowest BCUT2D eigenvalue weighted by molar-refractivity contribution is 0.0380. The first-order valence-electron chi connectivity index (χ1n) is 6.06. The van der Waals surface area contributed by atoms with Gasteiger partial charge in [0.1, 0.15) is 17.3 Å². The van der Waals surface area contributed by atoms with E-state index in [0.717, 1.165) is 6.42 Å². The van der Waals surface area contributed by atoms with Crippen LogP contribution in [-0.4, -0.2) is 25.8 Å². The van der Waals surface area contributed by atoms with Crippen molar-refractivity contribution in [3.63, 3.8) is 0 Å². The summed E-state index contributed by atoms with van der Waals surface area (Å²) in [4.78, 5) is 1.71. The van der Waals surface area contributed by atoms with Crippen LogP contribution in [0.15, 0.2) is 12.1 Å². The van der Waals surface area contributed by atoms with Gasteiger partial charge in [-0.05, 0) is 24.1 Å². The highest BCUT2D eigenvalue weighted by atomic mass is 35.5. The molecule has 1 aliphatic rings. The molecule has 5 heteroatoms. The van der Waals surface area contributed by atoms with Crippen LogP contribution in [0.25, 0.3) is 0 Å². The van der Waals surface area contributed by atoms with Gasteiger partial charge in [-0.15, -0.1) is 11.6 Å². The van der Waals surface area contributed by atoms with Crippen LogP contribution in [0.5, 0.6) is 0 Å². The highest BCUT2D eigenvalue weighted by Crippen LogP contribution is 2.27. The Balaban J connectivity index is 2.27. The van der Waals surface area contributed by atoms with Crippen molar-refractivity contribution in [1.82, 2.24) is 0 Å². The maximum Gasteiger partial charge on any atom is 0.149 e. The quantitative estimate of drug-likeness (QED) is 0.785. The van der Waals surface area contributed by atoms with Gasteiger partial charge >= 0.3 is 0 Å². The van der Waals surface area contributed by atoms with E-state index in [0.29, 0.717) is 25.3 Å². The van der Waals surface area contributed by atoms with Crippen LogP contribution < -0.4 is 4.90 Å². The molecule has 2 rings (SSSR count). The number of hydrogen-bond donors (Lipinski definition) is 0. The molecule has 1 fully saturated rings. The minimum atomic E-state index is -0.553. The lowest BCUT2D eigenvalue weighted by atomic mass is 10.1. The van der Waals surface area contributed by atoms with Crippen molar-refractivity contribution < 1.29 is 13.5 Å². The Morgan fingerprint density at radius 2 is 2.06 bits per heavy atom. The second-order valence-corrected chi connectivity index (χ2v) is 4.66. The van der Waals surface area contributed by atoms with E-state index in [1.54, 1.807) is 4.90 Å². The molecule has 0 spiro atoms. The molecule has 0 radical (unpaired) electrons. The normalized spacial score (nSPS) is 20.2. The van der Waals surface area contributed by atoms with E-state index in [2.05, 4.69) is 0 Å². The highest BCUT2D eigenvalue weighted by molar-refractivity contribution is 6.17. The van der Waals surface area contributed by atoms with E-state index >= 15 is 0 Å². The number of morpholine rings is 1. The minimum absolute atomic E-state index is 0.0326. The molecule has 1 unspecified atom stereocenters. The fourth-order valence-electron chi connectivity index (χ4n) is 2.17. The Kier molecular flexibility index (Phi) is 4.40. The maximum atomic E-state index is 13.9. The van der Waals surface area contributed by atoms with E-state index in [1.807, 2.05) is 6.92 Å². The van der Waals surface area contributed by atoms with E-state index in [-0.39, 0.29) is 17.7 Å². The zero-order valence-electron chi connectivity index (χ0n) is 10.3. The third kappa shape index (κ3) is 2.75. The van der Waals surface area contributed by atoms with Crippen LogP contribution in [0.2, 0.25) is 0 Å². The molecule has 0 amide bonds. The van der Waals surface area contributed by atoms with Gasteiger partial charge in [-0.25, -0.2) is 8.78 Å². The second-order valence-electron chi connectivity index (χ2n) is 4.39. The van der Waals surface area contributed by atoms with Crippen molar-refractivity contribution in [3.05, 3.63) is 29.3 Å². The van der Waals surface area contributed by atoms with Crippen LogP contribution in [0.1, 0.15) is 18.9 Å². The molecule has 18 heavy (non-hydrogen) atoms.